The Labute approximate surface area is 194 Å². The van der Waals surface area contributed by atoms with Crippen molar-refractivity contribution in [2.75, 3.05) is 45.1 Å². The minimum absolute atomic E-state index is 0.0603. The highest BCUT2D eigenvalue weighted by Crippen LogP contribution is 2.30. The number of rotatable bonds is 5. The van der Waals surface area contributed by atoms with Gasteiger partial charge in [-0.1, -0.05) is 0 Å². The van der Waals surface area contributed by atoms with Gasteiger partial charge in [0.05, 0.1) is 17.4 Å². The first-order valence-electron chi connectivity index (χ1n) is 11.9. The summed E-state index contributed by atoms with van der Waals surface area (Å²) in [5.74, 6) is 1.39. The summed E-state index contributed by atoms with van der Waals surface area (Å²) in [5.41, 5.74) is 2.24. The van der Waals surface area contributed by atoms with Gasteiger partial charge in [-0.2, -0.15) is 0 Å². The van der Waals surface area contributed by atoms with Crippen LogP contribution in [0.4, 0.5) is 5.82 Å². The average molecular weight is 446 g/mol. The summed E-state index contributed by atoms with van der Waals surface area (Å²) in [5, 5.41) is 3.95. The van der Waals surface area contributed by atoms with E-state index >= 15 is 0 Å². The van der Waals surface area contributed by atoms with E-state index in [0.29, 0.717) is 11.7 Å². The number of hydrogen-bond acceptors (Lipinski definition) is 7. The molecule has 1 aliphatic carbocycles. The summed E-state index contributed by atoms with van der Waals surface area (Å²) in [4.78, 5) is 35.5. The van der Waals surface area contributed by atoms with Gasteiger partial charge in [-0.25, -0.2) is 9.97 Å². The topological polar surface area (TPSA) is 87.1 Å². The third kappa shape index (κ3) is 5.34. The summed E-state index contributed by atoms with van der Waals surface area (Å²) >= 11 is 0. The Morgan fingerprint density at radius 3 is 2.58 bits per heavy atom. The van der Waals surface area contributed by atoms with Crippen molar-refractivity contribution in [3.63, 3.8) is 0 Å². The maximum Gasteiger partial charge on any atom is 0.228 e. The van der Waals surface area contributed by atoms with Crippen molar-refractivity contribution in [3.8, 4) is 11.4 Å². The number of fused-ring (bicyclic) bond motifs is 1. The minimum atomic E-state index is 0.0603. The van der Waals surface area contributed by atoms with E-state index < -0.39 is 0 Å². The van der Waals surface area contributed by atoms with Crippen LogP contribution in [0.15, 0.2) is 43.0 Å². The quantitative estimate of drug-likeness (QED) is 0.646. The fourth-order valence-electron chi connectivity index (χ4n) is 4.89. The zero-order valence-corrected chi connectivity index (χ0v) is 19.2. The van der Waals surface area contributed by atoms with Gasteiger partial charge < -0.3 is 15.1 Å². The van der Waals surface area contributed by atoms with E-state index in [-0.39, 0.29) is 11.8 Å². The molecule has 0 spiro atoms. The van der Waals surface area contributed by atoms with Gasteiger partial charge in [0.25, 0.3) is 0 Å². The van der Waals surface area contributed by atoms with Crippen LogP contribution in [0, 0.1) is 11.8 Å². The van der Waals surface area contributed by atoms with Crippen molar-refractivity contribution in [2.45, 2.75) is 25.7 Å². The molecular formula is C25H31N7O. The Bertz CT molecular complexity index is 1090. The van der Waals surface area contributed by atoms with E-state index in [1.807, 2.05) is 18.2 Å². The zero-order valence-electron chi connectivity index (χ0n) is 19.2. The fraction of sp³-hybridized carbons (Fsp3) is 0.480. The number of anilines is 1. The fourth-order valence-corrected chi connectivity index (χ4v) is 4.89. The molecule has 5 rings (SSSR count). The van der Waals surface area contributed by atoms with Gasteiger partial charge >= 0.3 is 0 Å². The third-order valence-electron chi connectivity index (χ3n) is 6.98. The number of aromatic nitrogens is 4. The molecule has 8 heteroatoms. The van der Waals surface area contributed by atoms with Crippen molar-refractivity contribution in [2.24, 2.45) is 11.8 Å². The molecule has 0 radical (unpaired) electrons. The zero-order chi connectivity index (χ0) is 22.6. The molecule has 0 bridgehead atoms. The Balaban J connectivity index is 1.18. The van der Waals surface area contributed by atoms with E-state index in [0.717, 1.165) is 74.2 Å². The molecule has 1 saturated heterocycles. The van der Waals surface area contributed by atoms with Crippen LogP contribution in [0.5, 0.6) is 0 Å². The minimum Gasteiger partial charge on any atom is -0.310 e. The first-order valence-corrected chi connectivity index (χ1v) is 11.9. The number of likely N-dealkylation sites (N-methyl/N-ethyl adjacent to an activating group) is 1. The van der Waals surface area contributed by atoms with E-state index in [1.165, 1.54) is 6.54 Å². The first-order chi connectivity index (χ1) is 16.1. The molecule has 3 aromatic rings. The van der Waals surface area contributed by atoms with Crippen molar-refractivity contribution in [1.82, 2.24) is 29.7 Å². The highest BCUT2D eigenvalue weighted by atomic mass is 16.1. The van der Waals surface area contributed by atoms with Gasteiger partial charge in [0, 0.05) is 68.7 Å². The Hall–Kier alpha value is -2.97. The first kappa shape index (κ1) is 21.9. The lowest BCUT2D eigenvalue weighted by Crippen LogP contribution is -2.46. The van der Waals surface area contributed by atoms with Crippen LogP contribution in [-0.2, 0) is 4.79 Å². The molecule has 8 nitrogen and oxygen atoms in total. The second-order valence-corrected chi connectivity index (χ2v) is 9.36. The van der Waals surface area contributed by atoms with Crippen LogP contribution in [-0.4, -0.2) is 75.4 Å². The molecule has 1 amide bonds. The van der Waals surface area contributed by atoms with Gasteiger partial charge in [0.15, 0.2) is 0 Å². The molecule has 0 atom stereocenters. The van der Waals surface area contributed by atoms with Crippen molar-refractivity contribution < 1.29 is 4.79 Å². The Morgan fingerprint density at radius 2 is 1.82 bits per heavy atom. The van der Waals surface area contributed by atoms with Crippen LogP contribution in [0.1, 0.15) is 25.7 Å². The maximum absolute atomic E-state index is 12.9. The lowest BCUT2D eigenvalue weighted by atomic mass is 9.81. The molecule has 0 unspecified atom stereocenters. The largest absolute Gasteiger partial charge is 0.310 e. The highest BCUT2D eigenvalue weighted by Gasteiger charge is 2.28. The van der Waals surface area contributed by atoms with E-state index in [1.54, 1.807) is 24.8 Å². The third-order valence-corrected chi connectivity index (χ3v) is 6.98. The number of nitrogens with zero attached hydrogens (tertiary/aromatic N) is 6. The molecule has 2 fully saturated rings. The van der Waals surface area contributed by atoms with Crippen molar-refractivity contribution in [1.29, 1.82) is 0 Å². The van der Waals surface area contributed by atoms with Crippen LogP contribution in [0.2, 0.25) is 0 Å². The molecule has 172 valence electrons. The molecule has 1 aliphatic heterocycles. The standard InChI is InChI=1S/C25H31N7O/c1-31-10-12-32(13-11-31)17-18-2-4-19(5-3-18)25(33)30-24-14-22-20(15-28-24)6-7-21(29-22)23-16-26-8-9-27-23/h6-9,14-16,18-19H,2-5,10-13,17H2,1H3,(H,28,30,33). The number of carbonyl (C=O) groups excluding carboxylic acids is 1. The molecule has 33 heavy (non-hydrogen) atoms. The van der Waals surface area contributed by atoms with Gasteiger partial charge in [0.1, 0.15) is 11.5 Å². The predicted molar refractivity (Wildman–Crippen MR) is 129 cm³/mol. The number of nitrogens with one attached hydrogen (secondary N) is 1. The second-order valence-electron chi connectivity index (χ2n) is 9.36. The van der Waals surface area contributed by atoms with Gasteiger partial charge in [-0.3, -0.25) is 14.8 Å². The summed E-state index contributed by atoms with van der Waals surface area (Å²) in [6.07, 6.45) is 10.9. The van der Waals surface area contributed by atoms with Crippen LogP contribution in [0.25, 0.3) is 22.3 Å². The molecule has 0 aromatic carbocycles. The van der Waals surface area contributed by atoms with Crippen LogP contribution < -0.4 is 5.32 Å². The van der Waals surface area contributed by atoms with Gasteiger partial charge in [0.2, 0.25) is 5.91 Å². The Morgan fingerprint density at radius 1 is 1.00 bits per heavy atom. The van der Waals surface area contributed by atoms with Crippen LogP contribution in [0.3, 0.4) is 0 Å². The smallest absolute Gasteiger partial charge is 0.228 e. The second kappa shape index (κ2) is 9.89. The van der Waals surface area contributed by atoms with E-state index in [2.05, 4.69) is 37.1 Å². The van der Waals surface area contributed by atoms with Crippen molar-refractivity contribution >= 4 is 22.6 Å². The lowest BCUT2D eigenvalue weighted by Gasteiger charge is -2.36. The van der Waals surface area contributed by atoms with Crippen LogP contribution >= 0.6 is 0 Å². The average Bonchev–Trinajstić information content (AvgIpc) is 2.86. The summed E-state index contributed by atoms with van der Waals surface area (Å²) in [6.45, 7) is 5.82. The SMILES string of the molecule is CN1CCN(CC2CCC(C(=O)Nc3cc4nc(-c5cnccn5)ccc4cn3)CC2)CC1. The Kier molecular flexibility index (Phi) is 6.55. The van der Waals surface area contributed by atoms with Gasteiger partial charge in [-0.05, 0) is 50.8 Å². The molecular weight excluding hydrogens is 414 g/mol. The summed E-state index contributed by atoms with van der Waals surface area (Å²) in [6, 6.07) is 5.71. The molecule has 1 saturated carbocycles. The summed E-state index contributed by atoms with van der Waals surface area (Å²) < 4.78 is 0. The van der Waals surface area contributed by atoms with E-state index in [4.69, 9.17) is 4.98 Å². The molecule has 3 aromatic heterocycles. The van der Waals surface area contributed by atoms with E-state index in [9.17, 15) is 4.79 Å². The monoisotopic (exact) mass is 445 g/mol. The number of piperazine rings is 1. The molecule has 2 aliphatic rings. The predicted octanol–water partition coefficient (Wildman–Crippen LogP) is 3.08. The summed E-state index contributed by atoms with van der Waals surface area (Å²) in [7, 11) is 2.19. The number of pyridine rings is 2. The highest BCUT2D eigenvalue weighted by molar-refractivity contribution is 5.93. The lowest BCUT2D eigenvalue weighted by molar-refractivity contribution is -0.121. The molecule has 4 heterocycles. The normalized spacial score (nSPS) is 22.3. The maximum atomic E-state index is 12.9. The number of carbonyl (C=O) groups is 1. The molecule has 1 N–H and O–H groups in total. The number of hydrogen-bond donors (Lipinski definition) is 1. The van der Waals surface area contributed by atoms with Crippen molar-refractivity contribution in [3.05, 3.63) is 43.0 Å². The van der Waals surface area contributed by atoms with Gasteiger partial charge in [-0.15, -0.1) is 0 Å². The number of amides is 1.